The van der Waals surface area contributed by atoms with Gasteiger partial charge in [-0.3, -0.25) is 19.9 Å². The molecule has 3 rings (SSSR count). The number of rotatable bonds is 4. The largest absolute Gasteiger partial charge is 0.457 e. The number of benzene rings is 1. The van der Waals surface area contributed by atoms with Gasteiger partial charge in [0.1, 0.15) is 17.2 Å². The SMILES string of the molecule is O=c1[nH]c(/C=C/c2ccc(-c3ccc(Br)cc3)o2)c([N+](=O)[O-])c(=O)[nH]1. The summed E-state index contributed by atoms with van der Waals surface area (Å²) in [5, 5.41) is 11.0. The maximum Gasteiger partial charge on any atom is 0.357 e. The van der Waals surface area contributed by atoms with Gasteiger partial charge in [0.15, 0.2) is 0 Å². The standard InChI is InChI=1S/C16H10BrN3O5/c17-10-3-1-9(2-4-10)13-8-6-11(25-13)5-7-12-14(20(23)24)15(21)19-16(22)18-12/h1-8H,(H2,18,19,21,22)/b7-5+. The molecule has 0 radical (unpaired) electrons. The summed E-state index contributed by atoms with van der Waals surface area (Å²) < 4.78 is 6.58. The highest BCUT2D eigenvalue weighted by molar-refractivity contribution is 9.10. The highest BCUT2D eigenvalue weighted by Crippen LogP contribution is 2.25. The van der Waals surface area contributed by atoms with Gasteiger partial charge >= 0.3 is 16.9 Å². The Labute approximate surface area is 148 Å². The van der Waals surface area contributed by atoms with E-state index < -0.39 is 21.9 Å². The van der Waals surface area contributed by atoms with Crippen LogP contribution >= 0.6 is 15.9 Å². The molecular weight excluding hydrogens is 394 g/mol. The quantitative estimate of drug-likeness (QED) is 0.511. The lowest BCUT2D eigenvalue weighted by Gasteiger charge is -1.97. The van der Waals surface area contributed by atoms with Crippen LogP contribution in [0.3, 0.4) is 0 Å². The van der Waals surface area contributed by atoms with Crippen LogP contribution in [0.15, 0.2) is 54.9 Å². The van der Waals surface area contributed by atoms with E-state index in [0.717, 1.165) is 10.0 Å². The number of hydrogen-bond acceptors (Lipinski definition) is 5. The van der Waals surface area contributed by atoms with Crippen molar-refractivity contribution in [3.05, 3.63) is 83.3 Å². The Morgan fingerprint density at radius 3 is 2.44 bits per heavy atom. The maximum absolute atomic E-state index is 11.6. The molecule has 25 heavy (non-hydrogen) atoms. The van der Waals surface area contributed by atoms with Gasteiger partial charge in [-0.2, -0.15) is 0 Å². The van der Waals surface area contributed by atoms with Crippen molar-refractivity contribution >= 4 is 33.8 Å². The van der Waals surface area contributed by atoms with Crippen LogP contribution in [0.1, 0.15) is 11.5 Å². The zero-order valence-corrected chi connectivity index (χ0v) is 14.1. The van der Waals surface area contributed by atoms with Crippen LogP contribution in [0.2, 0.25) is 0 Å². The molecule has 2 N–H and O–H groups in total. The molecule has 3 aromatic rings. The Kier molecular flexibility index (Phi) is 4.48. The Morgan fingerprint density at radius 2 is 1.76 bits per heavy atom. The fraction of sp³-hybridized carbons (Fsp3) is 0. The van der Waals surface area contributed by atoms with Crippen LogP contribution < -0.4 is 11.2 Å². The number of nitro groups is 1. The summed E-state index contributed by atoms with van der Waals surface area (Å²) in [6.45, 7) is 0. The van der Waals surface area contributed by atoms with Crippen LogP contribution in [0.5, 0.6) is 0 Å². The summed E-state index contributed by atoms with van der Waals surface area (Å²) in [5.74, 6) is 1.02. The van der Waals surface area contributed by atoms with E-state index in [1.165, 1.54) is 12.2 Å². The molecule has 0 unspecified atom stereocenters. The van der Waals surface area contributed by atoms with Gasteiger partial charge in [0.05, 0.1) is 4.92 Å². The van der Waals surface area contributed by atoms with Gasteiger partial charge in [0.25, 0.3) is 0 Å². The molecule has 126 valence electrons. The van der Waals surface area contributed by atoms with Gasteiger partial charge in [-0.1, -0.05) is 28.1 Å². The Morgan fingerprint density at radius 1 is 1.04 bits per heavy atom. The number of aromatic nitrogens is 2. The van der Waals surface area contributed by atoms with Crippen molar-refractivity contribution in [2.45, 2.75) is 0 Å². The van der Waals surface area contributed by atoms with Gasteiger partial charge in [-0.15, -0.1) is 0 Å². The van der Waals surface area contributed by atoms with Crippen LogP contribution in [0.25, 0.3) is 23.5 Å². The molecule has 0 aliphatic rings. The summed E-state index contributed by atoms with van der Waals surface area (Å²) in [6, 6.07) is 10.9. The molecule has 2 aromatic heterocycles. The minimum atomic E-state index is -1.07. The molecule has 8 nitrogen and oxygen atoms in total. The third kappa shape index (κ3) is 3.66. The first kappa shape index (κ1) is 16.7. The first-order valence-corrected chi connectivity index (χ1v) is 7.78. The molecule has 1 aromatic carbocycles. The molecule has 0 bridgehead atoms. The molecule has 0 spiro atoms. The molecule has 0 fully saturated rings. The molecule has 9 heteroatoms. The van der Waals surface area contributed by atoms with Crippen molar-refractivity contribution in [3.8, 4) is 11.3 Å². The summed E-state index contributed by atoms with van der Waals surface area (Å²) in [4.78, 5) is 37.0. The second-order valence-electron chi connectivity index (χ2n) is 4.97. The molecule has 0 atom stereocenters. The van der Waals surface area contributed by atoms with Gasteiger partial charge in [-0.25, -0.2) is 4.79 Å². The van der Waals surface area contributed by atoms with E-state index in [2.05, 4.69) is 20.9 Å². The maximum atomic E-state index is 11.6. The fourth-order valence-corrected chi connectivity index (χ4v) is 2.44. The van der Waals surface area contributed by atoms with E-state index >= 15 is 0 Å². The first-order valence-electron chi connectivity index (χ1n) is 6.99. The van der Waals surface area contributed by atoms with E-state index in [4.69, 9.17) is 4.42 Å². The number of H-pyrrole nitrogens is 2. The minimum absolute atomic E-state index is 0.208. The van der Waals surface area contributed by atoms with Crippen molar-refractivity contribution in [1.82, 2.24) is 9.97 Å². The monoisotopic (exact) mass is 403 g/mol. The summed E-state index contributed by atoms with van der Waals surface area (Å²) in [5.41, 5.74) is -1.98. The lowest BCUT2D eigenvalue weighted by atomic mass is 10.2. The number of hydrogen-bond donors (Lipinski definition) is 2. The van der Waals surface area contributed by atoms with Crippen molar-refractivity contribution in [1.29, 1.82) is 0 Å². The number of aromatic amines is 2. The normalized spacial score (nSPS) is 11.1. The van der Waals surface area contributed by atoms with Gasteiger partial charge in [-0.05, 0) is 36.4 Å². The van der Waals surface area contributed by atoms with E-state index in [-0.39, 0.29) is 5.69 Å². The topological polar surface area (TPSA) is 122 Å². The number of nitrogens with zero attached hydrogens (tertiary/aromatic N) is 1. The number of nitrogens with one attached hydrogen (secondary N) is 2. The van der Waals surface area contributed by atoms with Crippen LogP contribution in [-0.2, 0) is 0 Å². The fourth-order valence-electron chi connectivity index (χ4n) is 2.18. The second kappa shape index (κ2) is 6.73. The van der Waals surface area contributed by atoms with E-state index in [1.807, 2.05) is 29.2 Å². The molecular formula is C16H10BrN3O5. The highest BCUT2D eigenvalue weighted by atomic mass is 79.9. The number of halogens is 1. The Bertz CT molecular complexity index is 1080. The van der Waals surface area contributed by atoms with E-state index in [0.29, 0.717) is 11.5 Å². The van der Waals surface area contributed by atoms with Crippen molar-refractivity contribution < 1.29 is 9.34 Å². The summed E-state index contributed by atoms with van der Waals surface area (Å²) in [6.07, 6.45) is 2.68. The Hall–Kier alpha value is -3.20. The van der Waals surface area contributed by atoms with Gasteiger partial charge < -0.3 is 9.40 Å². The third-order valence-electron chi connectivity index (χ3n) is 3.30. The van der Waals surface area contributed by atoms with Crippen LogP contribution in [-0.4, -0.2) is 14.9 Å². The molecule has 0 saturated heterocycles. The average molecular weight is 404 g/mol. The molecule has 0 aliphatic heterocycles. The van der Waals surface area contributed by atoms with Gasteiger partial charge in [0.2, 0.25) is 0 Å². The van der Waals surface area contributed by atoms with Crippen LogP contribution in [0, 0.1) is 10.1 Å². The molecule has 0 saturated carbocycles. The van der Waals surface area contributed by atoms with E-state index in [1.54, 1.807) is 12.1 Å². The lowest BCUT2D eigenvalue weighted by Crippen LogP contribution is -2.25. The molecule has 0 aliphatic carbocycles. The zero-order valence-electron chi connectivity index (χ0n) is 12.5. The third-order valence-corrected chi connectivity index (χ3v) is 3.83. The zero-order chi connectivity index (χ0) is 18.0. The van der Waals surface area contributed by atoms with Crippen molar-refractivity contribution in [2.24, 2.45) is 0 Å². The van der Waals surface area contributed by atoms with Crippen molar-refractivity contribution in [2.75, 3.05) is 0 Å². The molecule has 0 amide bonds. The molecule has 2 heterocycles. The van der Waals surface area contributed by atoms with Crippen LogP contribution in [0.4, 0.5) is 5.69 Å². The first-order chi connectivity index (χ1) is 11.9. The van der Waals surface area contributed by atoms with Crippen molar-refractivity contribution in [3.63, 3.8) is 0 Å². The lowest BCUT2D eigenvalue weighted by molar-refractivity contribution is -0.386. The summed E-state index contributed by atoms with van der Waals surface area (Å²) in [7, 11) is 0. The second-order valence-corrected chi connectivity index (χ2v) is 5.89. The van der Waals surface area contributed by atoms with E-state index in [9.17, 15) is 19.7 Å². The summed E-state index contributed by atoms with van der Waals surface area (Å²) >= 11 is 3.35. The van der Waals surface area contributed by atoms with Gasteiger partial charge in [0, 0.05) is 10.0 Å². The predicted octanol–water partition coefficient (Wildman–Crippen LogP) is 3.16. The average Bonchev–Trinajstić information content (AvgIpc) is 3.01. The minimum Gasteiger partial charge on any atom is -0.457 e. The predicted molar refractivity (Wildman–Crippen MR) is 95.1 cm³/mol. The smallest absolute Gasteiger partial charge is 0.357 e. The number of furan rings is 1. The Balaban J connectivity index is 1.94. The highest BCUT2D eigenvalue weighted by Gasteiger charge is 2.18.